The second-order valence-electron chi connectivity index (χ2n) is 5.16. The van der Waals surface area contributed by atoms with Crippen LogP contribution in [0.25, 0.3) is 0 Å². The zero-order valence-corrected chi connectivity index (χ0v) is 12.8. The number of hydrogen-bond donors (Lipinski definition) is 0. The lowest BCUT2D eigenvalue weighted by molar-refractivity contribution is 0.0766. The Kier molecular flexibility index (Phi) is 3.86. The molecule has 0 N–H and O–H groups in total. The molecule has 0 bridgehead atoms. The fourth-order valence-corrected chi connectivity index (χ4v) is 2.96. The van der Waals surface area contributed by atoms with Gasteiger partial charge in [-0.05, 0) is 35.4 Å². The standard InChI is InChI=1S/C17H14ClNO3/c1-22-14-4-2-11(3-5-14)8-19-9-13-6-12(10-20)7-15(18)16(13)17(19)21/h2-7,10H,8-9H2,1H3. The van der Waals surface area contributed by atoms with Crippen molar-refractivity contribution in [3.05, 3.63) is 63.7 Å². The number of fused-ring (bicyclic) bond motifs is 1. The molecular formula is C17H14ClNO3. The van der Waals surface area contributed by atoms with Crippen LogP contribution in [0.1, 0.15) is 31.8 Å². The third-order valence-electron chi connectivity index (χ3n) is 3.73. The SMILES string of the molecule is COc1ccc(CN2Cc3cc(C=O)cc(Cl)c3C2=O)cc1. The minimum Gasteiger partial charge on any atom is -0.497 e. The van der Waals surface area contributed by atoms with E-state index in [0.717, 1.165) is 23.2 Å². The van der Waals surface area contributed by atoms with E-state index < -0.39 is 0 Å². The van der Waals surface area contributed by atoms with Gasteiger partial charge in [0.05, 0.1) is 17.7 Å². The van der Waals surface area contributed by atoms with E-state index in [0.29, 0.717) is 29.2 Å². The van der Waals surface area contributed by atoms with Crippen molar-refractivity contribution in [2.24, 2.45) is 0 Å². The molecule has 5 heteroatoms. The first-order valence-electron chi connectivity index (χ1n) is 6.82. The number of amides is 1. The molecule has 0 atom stereocenters. The summed E-state index contributed by atoms with van der Waals surface area (Å²) in [4.78, 5) is 25.1. The van der Waals surface area contributed by atoms with Gasteiger partial charge >= 0.3 is 0 Å². The van der Waals surface area contributed by atoms with Gasteiger partial charge in [-0.15, -0.1) is 0 Å². The molecule has 1 aliphatic rings. The van der Waals surface area contributed by atoms with E-state index in [2.05, 4.69) is 0 Å². The van der Waals surface area contributed by atoms with Crippen LogP contribution >= 0.6 is 11.6 Å². The molecule has 1 heterocycles. The molecule has 112 valence electrons. The van der Waals surface area contributed by atoms with Crippen molar-refractivity contribution in [3.63, 3.8) is 0 Å². The van der Waals surface area contributed by atoms with Gasteiger partial charge in [-0.1, -0.05) is 23.7 Å². The van der Waals surface area contributed by atoms with Crippen LogP contribution < -0.4 is 4.74 Å². The van der Waals surface area contributed by atoms with Crippen molar-refractivity contribution >= 4 is 23.8 Å². The van der Waals surface area contributed by atoms with Crippen molar-refractivity contribution in [2.75, 3.05) is 7.11 Å². The molecule has 0 saturated carbocycles. The quantitative estimate of drug-likeness (QED) is 0.813. The minimum atomic E-state index is -0.103. The maximum atomic E-state index is 12.5. The van der Waals surface area contributed by atoms with Crippen LogP contribution in [0.15, 0.2) is 36.4 Å². The molecule has 0 unspecified atom stereocenters. The first-order valence-corrected chi connectivity index (χ1v) is 7.20. The lowest BCUT2D eigenvalue weighted by Gasteiger charge is -2.15. The Balaban J connectivity index is 1.84. The van der Waals surface area contributed by atoms with E-state index in [-0.39, 0.29) is 5.91 Å². The maximum Gasteiger partial charge on any atom is 0.256 e. The number of carbonyl (C=O) groups excluding carboxylic acids is 2. The summed E-state index contributed by atoms with van der Waals surface area (Å²) in [6, 6.07) is 10.8. The molecule has 0 aliphatic carbocycles. The van der Waals surface area contributed by atoms with E-state index >= 15 is 0 Å². The average Bonchev–Trinajstić information content (AvgIpc) is 2.84. The monoisotopic (exact) mass is 315 g/mol. The summed E-state index contributed by atoms with van der Waals surface area (Å²) in [5.74, 6) is 0.673. The second kappa shape index (κ2) is 5.81. The van der Waals surface area contributed by atoms with E-state index in [4.69, 9.17) is 16.3 Å². The predicted octanol–water partition coefficient (Wildman–Crippen LogP) is 3.32. The van der Waals surface area contributed by atoms with Gasteiger partial charge in [-0.25, -0.2) is 0 Å². The Hall–Kier alpha value is -2.33. The molecule has 0 fully saturated rings. The summed E-state index contributed by atoms with van der Waals surface area (Å²) in [5.41, 5.74) is 2.80. The Morgan fingerprint density at radius 3 is 2.64 bits per heavy atom. The highest BCUT2D eigenvalue weighted by Crippen LogP contribution is 2.31. The lowest BCUT2D eigenvalue weighted by Crippen LogP contribution is -2.23. The van der Waals surface area contributed by atoms with Gasteiger partial charge in [0.25, 0.3) is 5.91 Å². The predicted molar refractivity (Wildman–Crippen MR) is 83.4 cm³/mol. The summed E-state index contributed by atoms with van der Waals surface area (Å²) in [5, 5.41) is 0.335. The lowest BCUT2D eigenvalue weighted by atomic mass is 10.1. The molecule has 0 radical (unpaired) electrons. The summed E-state index contributed by atoms with van der Waals surface area (Å²) < 4.78 is 5.12. The van der Waals surface area contributed by atoms with Crippen LogP contribution in [0.4, 0.5) is 0 Å². The number of benzene rings is 2. The summed E-state index contributed by atoms with van der Waals surface area (Å²) in [6.07, 6.45) is 0.739. The normalized spacial score (nSPS) is 13.2. The van der Waals surface area contributed by atoms with Crippen molar-refractivity contribution in [1.29, 1.82) is 0 Å². The number of nitrogens with zero attached hydrogens (tertiary/aromatic N) is 1. The van der Waals surface area contributed by atoms with Crippen molar-refractivity contribution in [1.82, 2.24) is 4.90 Å². The number of halogens is 1. The number of ether oxygens (including phenoxy) is 1. The molecule has 1 amide bonds. The molecule has 0 spiro atoms. The van der Waals surface area contributed by atoms with Crippen molar-refractivity contribution < 1.29 is 14.3 Å². The van der Waals surface area contributed by atoms with Crippen molar-refractivity contribution in [3.8, 4) is 5.75 Å². The molecule has 22 heavy (non-hydrogen) atoms. The van der Waals surface area contributed by atoms with Crippen LogP contribution in [0.3, 0.4) is 0 Å². The summed E-state index contributed by atoms with van der Waals surface area (Å²) in [6.45, 7) is 0.950. The summed E-state index contributed by atoms with van der Waals surface area (Å²) >= 11 is 6.13. The fourth-order valence-electron chi connectivity index (χ4n) is 2.63. The third-order valence-corrected chi connectivity index (χ3v) is 4.02. The largest absolute Gasteiger partial charge is 0.497 e. The minimum absolute atomic E-state index is 0.103. The molecule has 0 saturated heterocycles. The van der Waals surface area contributed by atoms with Gasteiger partial charge in [0.2, 0.25) is 0 Å². The summed E-state index contributed by atoms with van der Waals surface area (Å²) in [7, 11) is 1.61. The Labute approximate surface area is 133 Å². The zero-order chi connectivity index (χ0) is 15.7. The van der Waals surface area contributed by atoms with Crippen LogP contribution in [0.2, 0.25) is 5.02 Å². The molecule has 2 aromatic rings. The Morgan fingerprint density at radius 1 is 1.27 bits per heavy atom. The van der Waals surface area contributed by atoms with Gasteiger partial charge in [0, 0.05) is 18.7 Å². The van der Waals surface area contributed by atoms with Gasteiger partial charge in [0.15, 0.2) is 0 Å². The molecule has 2 aromatic carbocycles. The highest BCUT2D eigenvalue weighted by molar-refractivity contribution is 6.34. The molecule has 0 aromatic heterocycles. The Bertz CT molecular complexity index is 740. The highest BCUT2D eigenvalue weighted by Gasteiger charge is 2.30. The number of rotatable bonds is 4. The number of methoxy groups -OCH3 is 1. The van der Waals surface area contributed by atoms with Crippen molar-refractivity contribution in [2.45, 2.75) is 13.1 Å². The number of carbonyl (C=O) groups is 2. The van der Waals surface area contributed by atoms with Crippen LogP contribution in [-0.2, 0) is 13.1 Å². The number of aldehydes is 1. The maximum absolute atomic E-state index is 12.5. The van der Waals surface area contributed by atoms with Crippen LogP contribution in [0.5, 0.6) is 5.75 Å². The topological polar surface area (TPSA) is 46.6 Å². The molecule has 3 rings (SSSR count). The molecule has 1 aliphatic heterocycles. The second-order valence-corrected chi connectivity index (χ2v) is 5.57. The highest BCUT2D eigenvalue weighted by atomic mass is 35.5. The van der Waals surface area contributed by atoms with Gasteiger partial charge in [-0.3, -0.25) is 9.59 Å². The first-order chi connectivity index (χ1) is 10.6. The number of hydrogen-bond acceptors (Lipinski definition) is 3. The zero-order valence-electron chi connectivity index (χ0n) is 12.0. The molecule has 4 nitrogen and oxygen atoms in total. The van der Waals surface area contributed by atoms with E-state index in [1.807, 2.05) is 24.3 Å². The smallest absolute Gasteiger partial charge is 0.256 e. The van der Waals surface area contributed by atoms with E-state index in [1.165, 1.54) is 6.07 Å². The van der Waals surface area contributed by atoms with E-state index in [9.17, 15) is 9.59 Å². The third kappa shape index (κ3) is 2.57. The van der Waals surface area contributed by atoms with Gasteiger partial charge in [-0.2, -0.15) is 0 Å². The van der Waals surface area contributed by atoms with Crippen LogP contribution in [-0.4, -0.2) is 24.2 Å². The van der Waals surface area contributed by atoms with Gasteiger partial charge < -0.3 is 9.64 Å². The first kappa shape index (κ1) is 14.6. The fraction of sp³-hybridized carbons (Fsp3) is 0.176. The van der Waals surface area contributed by atoms with E-state index in [1.54, 1.807) is 18.1 Å². The Morgan fingerprint density at radius 2 is 2.00 bits per heavy atom. The van der Waals surface area contributed by atoms with Crippen LogP contribution in [0, 0.1) is 0 Å². The molecular weight excluding hydrogens is 302 g/mol. The average molecular weight is 316 g/mol. The van der Waals surface area contributed by atoms with Gasteiger partial charge in [0.1, 0.15) is 12.0 Å².